The van der Waals surface area contributed by atoms with Gasteiger partial charge in [-0.3, -0.25) is 4.79 Å². The maximum Gasteiger partial charge on any atom is 0.142 e. The predicted octanol–water partition coefficient (Wildman–Crippen LogP) is 5.33. The molecule has 108 valence electrons. The maximum atomic E-state index is 10.2. The molecule has 1 nitrogen and oxygen atoms in total. The average molecular weight is 270 g/mol. The Morgan fingerprint density at radius 2 is 1.90 bits per heavy atom. The van der Waals surface area contributed by atoms with Crippen molar-refractivity contribution >= 4 is 6.29 Å². The number of hydrogen-bond donors (Lipinski definition) is 0. The van der Waals surface area contributed by atoms with E-state index < -0.39 is 0 Å². The van der Waals surface area contributed by atoms with Crippen LogP contribution in [0.15, 0.2) is 59.3 Å². The van der Waals surface area contributed by atoms with Crippen LogP contribution in [0.1, 0.15) is 47.0 Å². The molecule has 1 aliphatic carbocycles. The number of aldehydes is 1. The first-order valence-corrected chi connectivity index (χ1v) is 7.31. The van der Waals surface area contributed by atoms with E-state index in [0.29, 0.717) is 5.41 Å². The van der Waals surface area contributed by atoms with Gasteiger partial charge in [0.2, 0.25) is 0 Å². The van der Waals surface area contributed by atoms with Crippen LogP contribution >= 0.6 is 0 Å². The molecular weight excluding hydrogens is 244 g/mol. The van der Waals surface area contributed by atoms with E-state index in [-0.39, 0.29) is 0 Å². The van der Waals surface area contributed by atoms with Gasteiger partial charge in [-0.1, -0.05) is 61.4 Å². The van der Waals surface area contributed by atoms with Crippen LogP contribution < -0.4 is 0 Å². The lowest BCUT2D eigenvalue weighted by Crippen LogP contribution is -2.18. The van der Waals surface area contributed by atoms with E-state index in [0.717, 1.165) is 11.9 Å². The fraction of sp³-hybridized carbons (Fsp3) is 0.421. The zero-order valence-electron chi connectivity index (χ0n) is 13.1. The Bertz CT molecular complexity index is 482. The van der Waals surface area contributed by atoms with E-state index >= 15 is 0 Å². The molecule has 1 heteroatoms. The lowest BCUT2D eigenvalue weighted by Gasteiger charge is -2.32. The van der Waals surface area contributed by atoms with Crippen LogP contribution in [0, 0.1) is 5.41 Å². The van der Waals surface area contributed by atoms with Crippen LogP contribution in [0.25, 0.3) is 0 Å². The molecule has 0 saturated carbocycles. The van der Waals surface area contributed by atoms with Crippen LogP contribution in [0.4, 0.5) is 0 Å². The molecule has 0 saturated heterocycles. The van der Waals surface area contributed by atoms with Crippen molar-refractivity contribution in [3.8, 4) is 0 Å². The molecule has 0 aromatic heterocycles. The van der Waals surface area contributed by atoms with Crippen LogP contribution in [-0.4, -0.2) is 6.29 Å². The monoisotopic (exact) mass is 270 g/mol. The largest absolute Gasteiger partial charge is 0.299 e. The first kappa shape index (κ1) is 16.4. The van der Waals surface area contributed by atoms with Gasteiger partial charge >= 0.3 is 0 Å². The third-order valence-electron chi connectivity index (χ3n) is 3.82. The van der Waals surface area contributed by atoms with Crippen LogP contribution in [-0.2, 0) is 4.79 Å². The van der Waals surface area contributed by atoms with Crippen LogP contribution in [0.5, 0.6) is 0 Å². The molecule has 1 rings (SSSR count). The molecule has 0 heterocycles. The molecule has 0 amide bonds. The van der Waals surface area contributed by atoms with Gasteiger partial charge in [-0.15, -0.1) is 0 Å². The summed E-state index contributed by atoms with van der Waals surface area (Å²) in [5, 5.41) is 0. The first-order chi connectivity index (χ1) is 9.47. The molecule has 0 aromatic rings. The Morgan fingerprint density at radius 3 is 2.55 bits per heavy atom. The normalized spacial score (nSPS) is 20.5. The van der Waals surface area contributed by atoms with E-state index in [1.807, 2.05) is 13.0 Å². The predicted molar refractivity (Wildman–Crippen MR) is 87.6 cm³/mol. The van der Waals surface area contributed by atoms with Gasteiger partial charge in [0.05, 0.1) is 0 Å². The molecule has 0 fully saturated rings. The van der Waals surface area contributed by atoms with Gasteiger partial charge in [0, 0.05) is 0 Å². The Morgan fingerprint density at radius 1 is 1.15 bits per heavy atom. The van der Waals surface area contributed by atoms with Gasteiger partial charge < -0.3 is 0 Å². The SMILES string of the molecule is CC1=C(/C=C/C=C/C(C)=C\C=C\C=O)C(C)(C)CCC1. The van der Waals surface area contributed by atoms with E-state index in [9.17, 15) is 4.79 Å². The molecule has 1 aliphatic rings. The molecule has 0 radical (unpaired) electrons. The van der Waals surface area contributed by atoms with Crippen molar-refractivity contribution in [2.75, 3.05) is 0 Å². The van der Waals surface area contributed by atoms with Gasteiger partial charge in [-0.05, 0) is 50.2 Å². The van der Waals surface area contributed by atoms with Gasteiger partial charge in [-0.25, -0.2) is 0 Å². The number of allylic oxidation sites excluding steroid dienone is 10. The van der Waals surface area contributed by atoms with Crippen molar-refractivity contribution in [1.29, 1.82) is 0 Å². The van der Waals surface area contributed by atoms with Crippen molar-refractivity contribution in [2.24, 2.45) is 5.41 Å². The quantitative estimate of drug-likeness (QED) is 0.375. The summed E-state index contributed by atoms with van der Waals surface area (Å²) in [6.07, 6.45) is 18.2. The molecule has 20 heavy (non-hydrogen) atoms. The third kappa shape index (κ3) is 5.16. The molecule has 0 bridgehead atoms. The fourth-order valence-corrected chi connectivity index (χ4v) is 2.68. The summed E-state index contributed by atoms with van der Waals surface area (Å²) < 4.78 is 0. The summed E-state index contributed by atoms with van der Waals surface area (Å²) in [6.45, 7) is 8.93. The average Bonchev–Trinajstić information content (AvgIpc) is 2.37. The lowest BCUT2D eigenvalue weighted by atomic mass is 9.73. The lowest BCUT2D eigenvalue weighted by molar-refractivity contribution is -0.104. The molecule has 0 unspecified atom stereocenters. The first-order valence-electron chi connectivity index (χ1n) is 7.31. The fourth-order valence-electron chi connectivity index (χ4n) is 2.68. The van der Waals surface area contributed by atoms with E-state index in [2.05, 4.69) is 45.1 Å². The van der Waals surface area contributed by atoms with Gasteiger partial charge in [0.15, 0.2) is 0 Å². The second kappa shape index (κ2) is 7.84. The summed E-state index contributed by atoms with van der Waals surface area (Å²) in [4.78, 5) is 10.2. The highest BCUT2D eigenvalue weighted by molar-refractivity contribution is 5.65. The maximum absolute atomic E-state index is 10.2. The van der Waals surface area contributed by atoms with Crippen molar-refractivity contribution in [3.63, 3.8) is 0 Å². The summed E-state index contributed by atoms with van der Waals surface area (Å²) in [6, 6.07) is 0. The Hall–Kier alpha value is -1.63. The second-order valence-corrected chi connectivity index (χ2v) is 6.08. The zero-order chi connectivity index (χ0) is 15.0. The van der Waals surface area contributed by atoms with E-state index in [4.69, 9.17) is 0 Å². The highest BCUT2D eigenvalue weighted by Gasteiger charge is 2.26. The Kier molecular flexibility index (Phi) is 6.44. The Labute approximate surface area is 123 Å². The van der Waals surface area contributed by atoms with Crippen molar-refractivity contribution in [1.82, 2.24) is 0 Å². The highest BCUT2D eigenvalue weighted by Crippen LogP contribution is 2.40. The smallest absolute Gasteiger partial charge is 0.142 e. The van der Waals surface area contributed by atoms with Gasteiger partial charge in [0.25, 0.3) is 0 Å². The minimum absolute atomic E-state index is 0.296. The van der Waals surface area contributed by atoms with Gasteiger partial charge in [-0.2, -0.15) is 0 Å². The third-order valence-corrected chi connectivity index (χ3v) is 3.82. The Balaban J connectivity index is 2.71. The van der Waals surface area contributed by atoms with E-state index in [1.165, 1.54) is 36.5 Å². The number of carbonyl (C=O) groups is 1. The molecule has 0 aromatic carbocycles. The number of hydrogen-bond acceptors (Lipinski definition) is 1. The molecular formula is C19H26O. The van der Waals surface area contributed by atoms with Crippen LogP contribution in [0.3, 0.4) is 0 Å². The summed E-state index contributed by atoms with van der Waals surface area (Å²) >= 11 is 0. The molecule has 0 N–H and O–H groups in total. The summed E-state index contributed by atoms with van der Waals surface area (Å²) in [5.41, 5.74) is 4.42. The molecule has 0 spiro atoms. The van der Waals surface area contributed by atoms with Crippen molar-refractivity contribution in [3.05, 3.63) is 59.3 Å². The molecule has 0 aliphatic heterocycles. The minimum Gasteiger partial charge on any atom is -0.299 e. The summed E-state index contributed by atoms with van der Waals surface area (Å²) in [7, 11) is 0. The second-order valence-electron chi connectivity index (χ2n) is 6.08. The topological polar surface area (TPSA) is 17.1 Å². The summed E-state index contributed by atoms with van der Waals surface area (Å²) in [5.74, 6) is 0. The number of rotatable bonds is 5. The van der Waals surface area contributed by atoms with Crippen molar-refractivity contribution < 1.29 is 4.79 Å². The standard InChI is InChI=1S/C19H26O/c1-16(11-7-8-15-20)10-5-6-13-18-17(2)12-9-14-19(18,3)4/h5-8,10-11,13,15H,9,12,14H2,1-4H3/b8-7+,10-5+,13-6+,16-11-. The van der Waals surface area contributed by atoms with Crippen LogP contribution in [0.2, 0.25) is 0 Å². The van der Waals surface area contributed by atoms with Crippen molar-refractivity contribution in [2.45, 2.75) is 47.0 Å². The molecule has 0 atom stereocenters. The minimum atomic E-state index is 0.296. The van der Waals surface area contributed by atoms with E-state index in [1.54, 1.807) is 6.08 Å². The van der Waals surface area contributed by atoms with Gasteiger partial charge in [0.1, 0.15) is 6.29 Å². The zero-order valence-corrected chi connectivity index (χ0v) is 13.1. The number of carbonyl (C=O) groups excluding carboxylic acids is 1. The highest BCUT2D eigenvalue weighted by atomic mass is 16.1.